The molecule has 0 radical (unpaired) electrons. The molecule has 0 heterocycles. The summed E-state index contributed by atoms with van der Waals surface area (Å²) < 4.78 is 29.0. The fraction of sp³-hybridized carbons (Fsp3) is 0. The molecule has 42 valence electrons. The Morgan fingerprint density at radius 3 is 1.00 bits per heavy atom. The van der Waals surface area contributed by atoms with E-state index < -0.39 is 7.54 Å². The van der Waals surface area contributed by atoms with Crippen molar-refractivity contribution in [1.82, 2.24) is 0 Å². The van der Waals surface area contributed by atoms with Crippen molar-refractivity contribution < 1.29 is 33.4 Å². The van der Waals surface area contributed by atoms with Gasteiger partial charge in [-0.25, -0.2) is 0 Å². The number of hydrogen-bond acceptors (Lipinski definition) is 0. The Morgan fingerprint density at radius 1 is 1.00 bits per heavy atom. The van der Waals surface area contributed by atoms with Crippen LogP contribution in [0.2, 0.25) is 0 Å². The van der Waals surface area contributed by atoms with Crippen LogP contribution in [0.4, 0.5) is 12.9 Å². The van der Waals surface area contributed by atoms with Crippen molar-refractivity contribution >= 4 is 7.54 Å². The average molecular weight is 189 g/mol. The Balaban J connectivity index is -0.0000000450. The van der Waals surface area contributed by atoms with Crippen LogP contribution in [0, 0.1) is 7.43 Å². The first kappa shape index (κ1) is 16.0. The fourth-order valence-electron chi connectivity index (χ4n) is 0. The molecule has 0 rings (SSSR count). The molecule has 0 aliphatic carbocycles. The van der Waals surface area contributed by atoms with Crippen LogP contribution in [0.3, 0.4) is 0 Å². The van der Waals surface area contributed by atoms with Crippen molar-refractivity contribution in [2.24, 2.45) is 0 Å². The second-order valence-electron chi connectivity index (χ2n) is 0.247. The zero-order valence-electron chi connectivity index (χ0n) is 3.03. The minimum Gasteiger partial charge on any atom is -0.358 e. The molecule has 0 unspecified atom stereocenters. The molecule has 0 spiro atoms. The summed E-state index contributed by atoms with van der Waals surface area (Å²) in [5, 5.41) is 0. The summed E-state index contributed by atoms with van der Waals surface area (Å²) in [6.07, 6.45) is 0. The molecule has 0 atom stereocenters. The molecule has 6 heavy (non-hydrogen) atoms. The topological polar surface area (TPSA) is 0 Å². The van der Waals surface area contributed by atoms with Gasteiger partial charge in [0, 0.05) is 20.4 Å². The average Bonchev–Trinajstić information content (AvgIpc) is 0.811. The van der Waals surface area contributed by atoms with Gasteiger partial charge in [-0.1, -0.05) is 0 Å². The van der Waals surface area contributed by atoms with Gasteiger partial charge in [0.2, 0.25) is 0 Å². The van der Waals surface area contributed by atoms with Gasteiger partial charge in [-0.2, -0.15) is 0 Å². The van der Waals surface area contributed by atoms with Crippen molar-refractivity contribution in [3.8, 4) is 0 Å². The molecule has 0 nitrogen and oxygen atoms in total. The zero-order chi connectivity index (χ0) is 3.58. The molecule has 0 aliphatic rings. The fourth-order valence-corrected chi connectivity index (χ4v) is 0. The first-order valence-corrected chi connectivity index (χ1v) is 0.655. The molecule has 0 saturated carbocycles. The van der Waals surface area contributed by atoms with Crippen molar-refractivity contribution in [3.05, 3.63) is 7.43 Å². The zero-order valence-corrected chi connectivity index (χ0v) is 4.58. The van der Waals surface area contributed by atoms with Gasteiger partial charge in [-0.05, 0) is 0 Å². The van der Waals surface area contributed by atoms with Gasteiger partial charge in [0.1, 0.15) is 0 Å². The summed E-state index contributed by atoms with van der Waals surface area (Å²) in [7, 11) is -3.67. The van der Waals surface area contributed by atoms with E-state index in [0.29, 0.717) is 0 Å². The molecule has 0 amide bonds. The maximum Gasteiger partial charge on any atom is 0.762 e. The van der Waals surface area contributed by atoms with Gasteiger partial charge in [0.05, 0.1) is 0 Å². The molecule has 0 aromatic heterocycles. The molecule has 5 heteroatoms. The first-order chi connectivity index (χ1) is 1.73. The molecule has 0 N–H and O–H groups in total. The third-order valence-corrected chi connectivity index (χ3v) is 0. The Labute approximate surface area is 49.0 Å². The minimum absolute atomic E-state index is 0. The van der Waals surface area contributed by atoms with Crippen LogP contribution in [0.5, 0.6) is 0 Å². The molecule has 0 aliphatic heterocycles. The van der Waals surface area contributed by atoms with Crippen LogP contribution in [0.1, 0.15) is 0 Å². The second-order valence-corrected chi connectivity index (χ2v) is 0.247. The summed E-state index contributed by atoms with van der Waals surface area (Å²) in [6, 6.07) is 0. The summed E-state index contributed by atoms with van der Waals surface area (Å²) in [6.45, 7) is 0. The van der Waals surface area contributed by atoms with Crippen LogP contribution in [0.15, 0.2) is 0 Å². The number of rotatable bonds is 0. The first-order valence-electron chi connectivity index (χ1n) is 0.655. The Kier molecular flexibility index (Phi) is 24.3. The predicted octanol–water partition coefficient (Wildman–Crippen LogP) is 1.33. The Hall–Kier alpha value is 0.517. The van der Waals surface area contributed by atoms with E-state index >= 15 is 0 Å². The van der Waals surface area contributed by atoms with Crippen LogP contribution in [-0.2, 0) is 20.4 Å². The maximum absolute atomic E-state index is 9.67. The third kappa shape index (κ3) is 209. The molecule has 0 fully saturated rings. The summed E-state index contributed by atoms with van der Waals surface area (Å²) in [4.78, 5) is 0. The van der Waals surface area contributed by atoms with Crippen molar-refractivity contribution in [1.29, 1.82) is 0 Å². The standard InChI is InChI=1S/CH3.BF3.Pd/c;2-1(3)4;/h1H3;;/q-1;;. The van der Waals surface area contributed by atoms with Crippen LogP contribution in [0.25, 0.3) is 0 Å². The monoisotopic (exact) mass is 189 g/mol. The van der Waals surface area contributed by atoms with Gasteiger partial charge in [0.25, 0.3) is 0 Å². The van der Waals surface area contributed by atoms with Gasteiger partial charge in [-0.3, -0.25) is 12.9 Å². The van der Waals surface area contributed by atoms with Crippen molar-refractivity contribution in [2.75, 3.05) is 0 Å². The van der Waals surface area contributed by atoms with Gasteiger partial charge >= 0.3 is 7.54 Å². The van der Waals surface area contributed by atoms with Gasteiger partial charge < -0.3 is 7.43 Å². The summed E-state index contributed by atoms with van der Waals surface area (Å²) >= 11 is 0. The number of hydrogen-bond donors (Lipinski definition) is 0. The van der Waals surface area contributed by atoms with E-state index in [9.17, 15) is 12.9 Å². The molecular formula is CH3BF3Pd-. The third-order valence-electron chi connectivity index (χ3n) is 0. The minimum atomic E-state index is -3.67. The van der Waals surface area contributed by atoms with E-state index in [-0.39, 0.29) is 27.8 Å². The van der Waals surface area contributed by atoms with E-state index in [2.05, 4.69) is 0 Å². The second kappa shape index (κ2) is 9.10. The SMILES string of the molecule is FB(F)F.[CH3-].[Pd]. The molecular weight excluding hydrogens is 186 g/mol. The Morgan fingerprint density at radius 2 is 1.00 bits per heavy atom. The smallest absolute Gasteiger partial charge is 0.358 e. The summed E-state index contributed by atoms with van der Waals surface area (Å²) in [5.74, 6) is 0. The van der Waals surface area contributed by atoms with Gasteiger partial charge in [-0.15, -0.1) is 0 Å². The maximum atomic E-state index is 9.67. The number of halogens is 3. The normalized spacial score (nSPS) is 4.50. The van der Waals surface area contributed by atoms with E-state index in [0.717, 1.165) is 0 Å². The molecule has 0 saturated heterocycles. The Bertz CT molecular complexity index is 15.5. The van der Waals surface area contributed by atoms with Crippen molar-refractivity contribution in [2.45, 2.75) is 0 Å². The van der Waals surface area contributed by atoms with E-state index in [1.165, 1.54) is 0 Å². The van der Waals surface area contributed by atoms with Crippen LogP contribution >= 0.6 is 0 Å². The quantitative estimate of drug-likeness (QED) is 0.398. The summed E-state index contributed by atoms with van der Waals surface area (Å²) in [5.41, 5.74) is 0. The van der Waals surface area contributed by atoms with Crippen LogP contribution in [-0.4, -0.2) is 7.54 Å². The van der Waals surface area contributed by atoms with E-state index in [4.69, 9.17) is 0 Å². The molecule has 0 aromatic rings. The van der Waals surface area contributed by atoms with Crippen LogP contribution < -0.4 is 0 Å². The van der Waals surface area contributed by atoms with Gasteiger partial charge in [0.15, 0.2) is 0 Å². The predicted molar refractivity (Wildman–Crippen MR) is 15.5 cm³/mol. The largest absolute Gasteiger partial charge is 0.762 e. The van der Waals surface area contributed by atoms with E-state index in [1.54, 1.807) is 0 Å². The molecule has 0 bridgehead atoms. The van der Waals surface area contributed by atoms with E-state index in [1.807, 2.05) is 0 Å². The molecule has 0 aromatic carbocycles. The van der Waals surface area contributed by atoms with Crippen molar-refractivity contribution in [3.63, 3.8) is 0 Å².